The van der Waals surface area contributed by atoms with Crippen molar-refractivity contribution in [3.63, 3.8) is 0 Å². The molecule has 0 N–H and O–H groups in total. The van der Waals surface area contributed by atoms with Crippen LogP contribution < -0.4 is 0 Å². The smallest absolute Gasteiger partial charge is 0.181 e. The third-order valence-corrected chi connectivity index (χ3v) is 4.54. The largest absolute Gasteiger partial charge is 0.248 e. The topological polar surface area (TPSA) is 30.7 Å². The third-order valence-electron chi connectivity index (χ3n) is 2.98. The lowest BCUT2D eigenvalue weighted by Crippen LogP contribution is -2.02. The van der Waals surface area contributed by atoms with Crippen molar-refractivity contribution < 1.29 is 4.39 Å². The second-order valence-corrected chi connectivity index (χ2v) is 6.53. The van der Waals surface area contributed by atoms with E-state index in [4.69, 9.17) is 0 Å². The molecule has 0 amide bonds. The Hall–Kier alpha value is -1.28. The van der Waals surface area contributed by atoms with Crippen LogP contribution in [0.5, 0.6) is 0 Å². The molecule has 0 radical (unpaired) electrons. The van der Waals surface area contributed by atoms with Gasteiger partial charge < -0.3 is 0 Å². The number of benzene rings is 2. The van der Waals surface area contributed by atoms with Gasteiger partial charge in [-0.05, 0) is 62.3 Å². The van der Waals surface area contributed by atoms with Crippen LogP contribution in [0.15, 0.2) is 53.3 Å². The number of hydrogen-bond acceptors (Lipinski definition) is 2. The lowest BCUT2D eigenvalue weighted by Gasteiger charge is -2.04. The van der Waals surface area contributed by atoms with Crippen LogP contribution >= 0.6 is 38.5 Å². The van der Waals surface area contributed by atoms with Crippen molar-refractivity contribution in [3.05, 3.63) is 68.2 Å². The van der Waals surface area contributed by atoms with Gasteiger partial charge in [-0.15, -0.1) is 0 Å². The van der Waals surface area contributed by atoms with Gasteiger partial charge in [0, 0.05) is 9.13 Å². The summed E-state index contributed by atoms with van der Waals surface area (Å²) in [5.74, 6) is 0.395. The van der Waals surface area contributed by atoms with Crippen molar-refractivity contribution in [1.82, 2.24) is 14.8 Å². The Morgan fingerprint density at radius 3 is 2.81 bits per heavy atom. The van der Waals surface area contributed by atoms with Crippen LogP contribution in [0.25, 0.3) is 11.4 Å². The first-order chi connectivity index (χ1) is 10.1. The van der Waals surface area contributed by atoms with Crippen molar-refractivity contribution in [1.29, 1.82) is 0 Å². The predicted octanol–water partition coefficient (Wildman–Crippen LogP) is 4.50. The molecule has 0 aliphatic rings. The summed E-state index contributed by atoms with van der Waals surface area (Å²) in [6.07, 6.45) is 1.66. The van der Waals surface area contributed by atoms with Crippen molar-refractivity contribution in [2.75, 3.05) is 0 Å². The van der Waals surface area contributed by atoms with E-state index in [0.29, 0.717) is 16.8 Å². The van der Waals surface area contributed by atoms with Gasteiger partial charge in [-0.3, -0.25) is 0 Å². The first kappa shape index (κ1) is 14.6. The van der Waals surface area contributed by atoms with Crippen molar-refractivity contribution in [2.45, 2.75) is 6.54 Å². The van der Waals surface area contributed by atoms with E-state index in [-0.39, 0.29) is 5.82 Å². The molecule has 0 aliphatic carbocycles. The second-order valence-electron chi connectivity index (χ2n) is 4.49. The summed E-state index contributed by atoms with van der Waals surface area (Å²) in [6.45, 7) is 0.468. The van der Waals surface area contributed by atoms with E-state index in [1.807, 2.05) is 30.3 Å². The van der Waals surface area contributed by atoms with Crippen LogP contribution in [-0.2, 0) is 6.54 Å². The van der Waals surface area contributed by atoms with Gasteiger partial charge in [0.1, 0.15) is 12.1 Å². The first-order valence-electron chi connectivity index (χ1n) is 6.22. The summed E-state index contributed by atoms with van der Waals surface area (Å²) in [5.41, 5.74) is 1.80. The van der Waals surface area contributed by atoms with E-state index in [9.17, 15) is 4.39 Å². The van der Waals surface area contributed by atoms with Crippen LogP contribution in [0.4, 0.5) is 4.39 Å². The Morgan fingerprint density at radius 1 is 1.19 bits per heavy atom. The highest BCUT2D eigenvalue weighted by Crippen LogP contribution is 2.22. The average molecular weight is 458 g/mol. The number of halogens is 3. The molecule has 0 fully saturated rings. The highest BCUT2D eigenvalue weighted by Gasteiger charge is 2.08. The molecule has 0 saturated carbocycles. The van der Waals surface area contributed by atoms with Crippen LogP contribution in [0.1, 0.15) is 5.56 Å². The Kier molecular flexibility index (Phi) is 4.34. The Bertz CT molecular complexity index is 788. The minimum atomic E-state index is -0.273. The molecule has 0 unspecified atom stereocenters. The van der Waals surface area contributed by atoms with Crippen molar-refractivity contribution in [2.24, 2.45) is 0 Å². The highest BCUT2D eigenvalue weighted by atomic mass is 127. The Labute approximate surface area is 143 Å². The molecule has 0 aliphatic heterocycles. The van der Waals surface area contributed by atoms with Crippen LogP contribution in [0, 0.1) is 9.39 Å². The molecule has 3 nitrogen and oxygen atoms in total. The maximum absolute atomic E-state index is 13.5. The maximum atomic E-state index is 13.5. The average Bonchev–Trinajstić information content (AvgIpc) is 2.93. The third kappa shape index (κ3) is 3.32. The minimum absolute atomic E-state index is 0.273. The summed E-state index contributed by atoms with van der Waals surface area (Å²) >= 11 is 5.52. The summed E-state index contributed by atoms with van der Waals surface area (Å²) in [5, 5.41) is 4.45. The minimum Gasteiger partial charge on any atom is -0.248 e. The zero-order valence-electron chi connectivity index (χ0n) is 10.8. The molecule has 0 spiro atoms. The number of aromatic nitrogens is 3. The normalized spacial score (nSPS) is 10.8. The fourth-order valence-corrected chi connectivity index (χ4v) is 2.91. The van der Waals surface area contributed by atoms with Gasteiger partial charge in [0.15, 0.2) is 5.82 Å². The SMILES string of the molecule is Fc1cccc(Cn2cnc(-c3cccc(I)c3)n2)c1Br. The zero-order chi connectivity index (χ0) is 14.8. The highest BCUT2D eigenvalue weighted by molar-refractivity contribution is 14.1. The zero-order valence-corrected chi connectivity index (χ0v) is 14.5. The van der Waals surface area contributed by atoms with Gasteiger partial charge in [0.05, 0.1) is 11.0 Å². The predicted molar refractivity (Wildman–Crippen MR) is 91.4 cm³/mol. The van der Waals surface area contributed by atoms with Gasteiger partial charge in [0.2, 0.25) is 0 Å². The van der Waals surface area contributed by atoms with E-state index in [0.717, 1.165) is 14.7 Å². The van der Waals surface area contributed by atoms with E-state index in [2.05, 4.69) is 48.6 Å². The molecule has 1 heterocycles. The summed E-state index contributed by atoms with van der Waals surface area (Å²) in [4.78, 5) is 4.32. The van der Waals surface area contributed by atoms with Crippen molar-refractivity contribution >= 4 is 38.5 Å². The van der Waals surface area contributed by atoms with E-state index >= 15 is 0 Å². The molecule has 0 bridgehead atoms. The van der Waals surface area contributed by atoms with Gasteiger partial charge in [-0.2, -0.15) is 5.10 Å². The fraction of sp³-hybridized carbons (Fsp3) is 0.0667. The Balaban J connectivity index is 1.87. The lowest BCUT2D eigenvalue weighted by atomic mass is 10.2. The van der Waals surface area contributed by atoms with E-state index < -0.39 is 0 Å². The monoisotopic (exact) mass is 457 g/mol. The van der Waals surface area contributed by atoms with Gasteiger partial charge in [0.25, 0.3) is 0 Å². The van der Waals surface area contributed by atoms with Gasteiger partial charge in [-0.25, -0.2) is 14.1 Å². The molecule has 106 valence electrons. The maximum Gasteiger partial charge on any atom is 0.181 e. The molecule has 6 heteroatoms. The van der Waals surface area contributed by atoms with E-state index in [1.54, 1.807) is 17.1 Å². The van der Waals surface area contributed by atoms with Crippen molar-refractivity contribution in [3.8, 4) is 11.4 Å². The van der Waals surface area contributed by atoms with Gasteiger partial charge >= 0.3 is 0 Å². The Morgan fingerprint density at radius 2 is 2.00 bits per heavy atom. The molecule has 21 heavy (non-hydrogen) atoms. The molecule has 1 aromatic heterocycles. The molecule has 3 aromatic rings. The molecule has 2 aromatic carbocycles. The van der Waals surface area contributed by atoms with Crippen LogP contribution in [0.2, 0.25) is 0 Å². The summed E-state index contributed by atoms with van der Waals surface area (Å²) in [6, 6.07) is 13.0. The lowest BCUT2D eigenvalue weighted by molar-refractivity contribution is 0.611. The second kappa shape index (κ2) is 6.23. The molecular weight excluding hydrogens is 448 g/mol. The molecule has 0 atom stereocenters. The fourth-order valence-electron chi connectivity index (χ4n) is 1.98. The van der Waals surface area contributed by atoms with Crippen LogP contribution in [0.3, 0.4) is 0 Å². The first-order valence-corrected chi connectivity index (χ1v) is 8.09. The number of rotatable bonds is 3. The molecule has 3 rings (SSSR count). The number of hydrogen-bond donors (Lipinski definition) is 0. The quantitative estimate of drug-likeness (QED) is 0.542. The summed E-state index contributed by atoms with van der Waals surface area (Å²) < 4.78 is 16.8. The van der Waals surface area contributed by atoms with Crippen LogP contribution in [-0.4, -0.2) is 14.8 Å². The number of nitrogens with zero attached hydrogens (tertiary/aromatic N) is 3. The standard InChI is InChI=1S/C15H10BrFIN3/c16-14-11(4-2-6-13(14)17)8-21-9-19-15(20-21)10-3-1-5-12(18)7-10/h1-7,9H,8H2. The molecular formula is C15H10BrFIN3. The summed E-state index contributed by atoms with van der Waals surface area (Å²) in [7, 11) is 0. The molecule has 0 saturated heterocycles. The van der Waals surface area contributed by atoms with Gasteiger partial charge in [-0.1, -0.05) is 24.3 Å². The van der Waals surface area contributed by atoms with E-state index in [1.165, 1.54) is 6.07 Å².